The molecule has 0 unspecified atom stereocenters. The second kappa shape index (κ2) is 16.9. The summed E-state index contributed by atoms with van der Waals surface area (Å²) in [7, 11) is 0. The van der Waals surface area contributed by atoms with Gasteiger partial charge in [-0.2, -0.15) is 0 Å². The van der Waals surface area contributed by atoms with Crippen LogP contribution in [0.4, 0.5) is 0 Å². The minimum absolute atomic E-state index is 0.629. The highest BCUT2D eigenvalue weighted by atomic mass is 15.0. The molecule has 14 rings (SSSR count). The maximum Gasteiger partial charge on any atom is 0.164 e. The van der Waals surface area contributed by atoms with Crippen molar-refractivity contribution in [3.05, 3.63) is 251 Å². The highest BCUT2D eigenvalue weighted by molar-refractivity contribution is 6.10. The Balaban J connectivity index is 0.807. The van der Waals surface area contributed by atoms with Gasteiger partial charge in [0.15, 0.2) is 17.5 Å². The predicted molar refractivity (Wildman–Crippen MR) is 294 cm³/mol. The molecule has 5 heteroatoms. The van der Waals surface area contributed by atoms with Gasteiger partial charge in [-0.25, -0.2) is 15.0 Å². The summed E-state index contributed by atoms with van der Waals surface area (Å²) < 4.78 is 2.38. The average Bonchev–Trinajstić information content (AvgIpc) is 3.98. The number of allylic oxidation sites excluding steroid dienone is 2. The summed E-state index contributed by atoms with van der Waals surface area (Å²) in [6, 6.07) is 74.2. The maximum absolute atomic E-state index is 5.26. The molecule has 0 saturated heterocycles. The minimum atomic E-state index is 0.629. The van der Waals surface area contributed by atoms with Crippen molar-refractivity contribution in [1.82, 2.24) is 24.5 Å². The van der Waals surface area contributed by atoms with E-state index < -0.39 is 0 Å². The second-order valence-corrected chi connectivity index (χ2v) is 19.2. The lowest BCUT2D eigenvalue weighted by Crippen LogP contribution is -2.06. The molecule has 1 N–H and O–H groups in total. The number of nitrogens with zero attached hydrogens (tertiary/aromatic N) is 4. The van der Waals surface area contributed by atoms with Crippen LogP contribution < -0.4 is 0 Å². The first-order valence-corrected chi connectivity index (χ1v) is 24.8. The summed E-state index contributed by atoms with van der Waals surface area (Å²) in [6.45, 7) is 0. The molecule has 0 bridgehead atoms. The molecule has 0 aliphatic heterocycles. The lowest BCUT2D eigenvalue weighted by atomic mass is 9.83. The molecule has 2 aliphatic carbocycles. The van der Waals surface area contributed by atoms with Gasteiger partial charge >= 0.3 is 0 Å². The molecule has 3 aromatic heterocycles. The van der Waals surface area contributed by atoms with Gasteiger partial charge in [0.05, 0.1) is 11.0 Å². The van der Waals surface area contributed by atoms with Gasteiger partial charge in [0, 0.05) is 49.7 Å². The highest BCUT2D eigenvalue weighted by Crippen LogP contribution is 2.39. The van der Waals surface area contributed by atoms with Crippen LogP contribution in [0.1, 0.15) is 46.4 Å². The van der Waals surface area contributed by atoms with E-state index in [0.29, 0.717) is 17.5 Å². The van der Waals surface area contributed by atoms with Gasteiger partial charge in [0.25, 0.3) is 0 Å². The Morgan fingerprint density at radius 1 is 0.408 bits per heavy atom. The zero-order valence-electron chi connectivity index (χ0n) is 39.1. The van der Waals surface area contributed by atoms with Gasteiger partial charge in [-0.15, -0.1) is 0 Å². The van der Waals surface area contributed by atoms with Crippen LogP contribution in [0.5, 0.6) is 0 Å². The van der Waals surface area contributed by atoms with Gasteiger partial charge in [0.1, 0.15) is 0 Å². The summed E-state index contributed by atoms with van der Waals surface area (Å²) in [4.78, 5) is 19.3. The maximum atomic E-state index is 5.26. The Bertz CT molecular complexity index is 4150. The van der Waals surface area contributed by atoms with Crippen molar-refractivity contribution in [2.75, 3.05) is 0 Å². The molecule has 0 spiro atoms. The summed E-state index contributed by atoms with van der Waals surface area (Å²) in [6.07, 6.45) is 9.96. The van der Waals surface area contributed by atoms with Gasteiger partial charge in [-0.1, -0.05) is 170 Å². The number of hydrogen-bond acceptors (Lipinski definition) is 3. The highest BCUT2D eigenvalue weighted by Gasteiger charge is 2.21. The monoisotopic (exact) mass is 909 g/mol. The van der Waals surface area contributed by atoms with Crippen molar-refractivity contribution in [3.63, 3.8) is 0 Å². The molecule has 9 aromatic carbocycles. The standard InChI is InChI=1S/C66H47N5/c1-2-14-46(15-3-1)64-68-65(52-17-10-12-42(35-52)34-43-24-25-45-27-29-49(38-54(45)36-43)50-30-32-57-56-20-6-8-22-60(56)67-61(57)40-50)70-66(69-64)53-18-11-19-55(39-53)71-62-23-9-7-21-58(62)59-33-31-51(41-63(59)71)48-28-26-44-13-4-5-16-47(44)37-48/h1-26,28,31,33,35-41,67H,27,29-30,32,34H2. The molecule has 0 radical (unpaired) electrons. The van der Waals surface area contributed by atoms with Crippen LogP contribution in [0, 0.1) is 0 Å². The lowest BCUT2D eigenvalue weighted by Gasteiger charge is -2.22. The van der Waals surface area contributed by atoms with E-state index in [1.807, 2.05) is 18.2 Å². The number of fused-ring (bicyclic) bond motifs is 8. The third kappa shape index (κ3) is 7.45. The number of nitrogens with one attached hydrogen (secondary N) is 1. The molecule has 12 aromatic rings. The van der Waals surface area contributed by atoms with Crippen molar-refractivity contribution in [1.29, 1.82) is 0 Å². The normalized spacial score (nSPS) is 13.4. The van der Waals surface area contributed by atoms with Crippen molar-refractivity contribution in [3.8, 4) is 51.0 Å². The van der Waals surface area contributed by atoms with E-state index in [2.05, 4.69) is 210 Å². The van der Waals surface area contributed by atoms with Crippen molar-refractivity contribution in [2.45, 2.75) is 32.1 Å². The SMILES string of the molecule is C1=C(C2=Cc3[nH]c4ccccc4c3CC2)CCc2ccc(Cc3cccc(-c4nc(-c5ccccc5)nc(-c5cccc(-n6c7ccccc7c7ccc(-c8ccc9ccccc9c8)cc76)c5)n4)c3)cc21. The Morgan fingerprint density at radius 3 is 1.96 bits per heavy atom. The van der Waals surface area contributed by atoms with Crippen molar-refractivity contribution >= 4 is 55.6 Å². The van der Waals surface area contributed by atoms with Crippen molar-refractivity contribution in [2.24, 2.45) is 0 Å². The number of para-hydroxylation sites is 2. The van der Waals surface area contributed by atoms with Crippen LogP contribution in [0.25, 0.3) is 107 Å². The minimum Gasteiger partial charge on any atom is -0.355 e. The smallest absolute Gasteiger partial charge is 0.164 e. The Kier molecular flexibility index (Phi) is 9.80. The zero-order valence-corrected chi connectivity index (χ0v) is 39.1. The van der Waals surface area contributed by atoms with E-state index in [9.17, 15) is 0 Å². The molecule has 336 valence electrons. The van der Waals surface area contributed by atoms with Gasteiger partial charge in [0.2, 0.25) is 0 Å². The lowest BCUT2D eigenvalue weighted by molar-refractivity contribution is 0.874. The molecule has 2 aliphatic rings. The van der Waals surface area contributed by atoms with E-state index in [-0.39, 0.29) is 0 Å². The predicted octanol–water partition coefficient (Wildman–Crippen LogP) is 16.2. The average molecular weight is 910 g/mol. The van der Waals surface area contributed by atoms with Gasteiger partial charge < -0.3 is 9.55 Å². The van der Waals surface area contributed by atoms with E-state index in [4.69, 9.17) is 15.0 Å². The quantitative estimate of drug-likeness (QED) is 0.165. The molecule has 0 saturated carbocycles. The van der Waals surface area contributed by atoms with Crippen LogP contribution in [-0.4, -0.2) is 24.5 Å². The van der Waals surface area contributed by atoms with E-state index in [1.54, 1.807) is 0 Å². The number of aromatic nitrogens is 5. The number of rotatable bonds is 8. The topological polar surface area (TPSA) is 59.4 Å². The van der Waals surface area contributed by atoms with Gasteiger partial charge in [-0.05, 0) is 142 Å². The Morgan fingerprint density at radius 2 is 1.07 bits per heavy atom. The van der Waals surface area contributed by atoms with Crippen LogP contribution >= 0.6 is 0 Å². The molecule has 0 amide bonds. The van der Waals surface area contributed by atoms with Crippen LogP contribution in [-0.2, 0) is 19.3 Å². The first-order chi connectivity index (χ1) is 35.1. The van der Waals surface area contributed by atoms with Crippen molar-refractivity contribution < 1.29 is 0 Å². The summed E-state index contributed by atoms with van der Waals surface area (Å²) in [5, 5.41) is 6.25. The summed E-state index contributed by atoms with van der Waals surface area (Å²) in [5.41, 5.74) is 20.7. The summed E-state index contributed by atoms with van der Waals surface area (Å²) >= 11 is 0. The largest absolute Gasteiger partial charge is 0.355 e. The Labute approximate surface area is 412 Å². The fraction of sp³-hybridized carbons (Fsp3) is 0.0758. The molecule has 71 heavy (non-hydrogen) atoms. The number of hydrogen-bond donors (Lipinski definition) is 1. The Hall–Kier alpha value is -8.93. The molecular formula is C66H47N5. The number of aromatic amines is 1. The number of H-pyrrole nitrogens is 1. The molecule has 3 heterocycles. The molecular weight excluding hydrogens is 863 g/mol. The number of benzene rings is 9. The second-order valence-electron chi connectivity index (χ2n) is 19.2. The first kappa shape index (κ1) is 41.1. The zero-order chi connectivity index (χ0) is 46.8. The fourth-order valence-electron chi connectivity index (χ4n) is 11.3. The first-order valence-electron chi connectivity index (χ1n) is 24.8. The van der Waals surface area contributed by atoms with E-state index >= 15 is 0 Å². The third-order valence-electron chi connectivity index (χ3n) is 14.8. The number of aryl methyl sites for hydroxylation is 2. The van der Waals surface area contributed by atoms with E-state index in [1.165, 1.54) is 88.2 Å². The molecule has 0 fully saturated rings. The molecule has 0 atom stereocenters. The summed E-state index contributed by atoms with van der Waals surface area (Å²) in [5.74, 6) is 1.92. The van der Waals surface area contributed by atoms with Gasteiger partial charge in [-0.3, -0.25) is 0 Å². The van der Waals surface area contributed by atoms with Crippen LogP contribution in [0.2, 0.25) is 0 Å². The van der Waals surface area contributed by atoms with Crippen LogP contribution in [0.3, 0.4) is 0 Å². The van der Waals surface area contributed by atoms with E-state index in [0.717, 1.165) is 65.5 Å². The fourth-order valence-corrected chi connectivity index (χ4v) is 11.3. The molecule has 5 nitrogen and oxygen atoms in total. The third-order valence-corrected chi connectivity index (χ3v) is 14.8. The van der Waals surface area contributed by atoms with Crippen LogP contribution in [0.15, 0.2) is 217 Å².